The standard InChI is InChI=1S/C23H35Cl2N3O/c1-4-6-17(7-5-2)10-12-28-13-11-19(15-28)27-22(16-29)23(26-3)20-9-8-18(24)14-21(20)25/h8-9,14,17,19,27,29H,3-7,10-13,15-16H2,1-2H3/b23-22-. The lowest BCUT2D eigenvalue weighted by Crippen LogP contribution is -2.34. The zero-order valence-corrected chi connectivity index (χ0v) is 19.3. The second-order valence-electron chi connectivity index (χ2n) is 7.93. The third-order valence-corrected chi connectivity index (χ3v) is 6.23. The Morgan fingerprint density at radius 3 is 2.59 bits per heavy atom. The van der Waals surface area contributed by atoms with Crippen molar-refractivity contribution in [3.05, 3.63) is 39.5 Å². The minimum Gasteiger partial charge on any atom is -0.390 e. The minimum absolute atomic E-state index is 0.140. The molecule has 1 saturated heterocycles. The van der Waals surface area contributed by atoms with Crippen LogP contribution in [0.25, 0.3) is 5.70 Å². The summed E-state index contributed by atoms with van der Waals surface area (Å²) >= 11 is 12.3. The average Bonchev–Trinajstić information content (AvgIpc) is 3.15. The second-order valence-corrected chi connectivity index (χ2v) is 8.77. The lowest BCUT2D eigenvalue weighted by atomic mass is 9.95. The van der Waals surface area contributed by atoms with Crippen molar-refractivity contribution in [1.82, 2.24) is 10.2 Å². The third kappa shape index (κ3) is 7.29. The van der Waals surface area contributed by atoms with Gasteiger partial charge in [-0.2, -0.15) is 0 Å². The van der Waals surface area contributed by atoms with Gasteiger partial charge in [-0.15, -0.1) is 0 Å². The summed E-state index contributed by atoms with van der Waals surface area (Å²) in [6, 6.07) is 5.55. The van der Waals surface area contributed by atoms with Gasteiger partial charge in [-0.1, -0.05) is 62.7 Å². The van der Waals surface area contributed by atoms with E-state index >= 15 is 0 Å². The molecule has 0 saturated carbocycles. The van der Waals surface area contributed by atoms with Crippen LogP contribution in [0.5, 0.6) is 0 Å². The van der Waals surface area contributed by atoms with Crippen LogP contribution in [0.4, 0.5) is 0 Å². The highest BCUT2D eigenvalue weighted by Gasteiger charge is 2.24. The normalized spacial score (nSPS) is 18.2. The molecule has 4 nitrogen and oxygen atoms in total. The summed E-state index contributed by atoms with van der Waals surface area (Å²) in [7, 11) is 0. The monoisotopic (exact) mass is 439 g/mol. The van der Waals surface area contributed by atoms with Gasteiger partial charge >= 0.3 is 0 Å². The number of aliphatic imine (C=N–C) groups is 1. The zero-order chi connectivity index (χ0) is 21.2. The van der Waals surface area contributed by atoms with Crippen molar-refractivity contribution in [3.63, 3.8) is 0 Å². The molecule has 6 heteroatoms. The number of aliphatic hydroxyl groups excluding tert-OH is 1. The molecule has 1 aliphatic rings. The fourth-order valence-corrected chi connectivity index (χ4v) is 4.73. The van der Waals surface area contributed by atoms with E-state index in [0.717, 1.165) is 37.5 Å². The van der Waals surface area contributed by atoms with Gasteiger partial charge in [0, 0.05) is 29.7 Å². The highest BCUT2D eigenvalue weighted by atomic mass is 35.5. The van der Waals surface area contributed by atoms with E-state index in [0.29, 0.717) is 21.4 Å². The number of rotatable bonds is 12. The molecule has 1 unspecified atom stereocenters. The van der Waals surface area contributed by atoms with Gasteiger partial charge in [0.15, 0.2) is 0 Å². The van der Waals surface area contributed by atoms with Crippen molar-refractivity contribution >= 4 is 35.6 Å². The fourth-order valence-electron chi connectivity index (χ4n) is 4.23. The Labute approximate surface area is 186 Å². The van der Waals surface area contributed by atoms with Gasteiger partial charge in [0.05, 0.1) is 23.0 Å². The Morgan fingerprint density at radius 2 is 2.00 bits per heavy atom. The number of hydrogen-bond acceptors (Lipinski definition) is 4. The summed E-state index contributed by atoms with van der Waals surface area (Å²) in [5.41, 5.74) is 1.96. The van der Waals surface area contributed by atoms with Crippen LogP contribution in [-0.2, 0) is 0 Å². The Bertz CT molecular complexity index is 687. The number of hydrogen-bond donors (Lipinski definition) is 2. The molecule has 0 spiro atoms. The first-order valence-electron chi connectivity index (χ1n) is 10.8. The van der Waals surface area contributed by atoms with E-state index in [2.05, 4.69) is 35.8 Å². The smallest absolute Gasteiger partial charge is 0.0922 e. The van der Waals surface area contributed by atoms with Gasteiger partial charge in [0.1, 0.15) is 0 Å². The summed E-state index contributed by atoms with van der Waals surface area (Å²) in [4.78, 5) is 6.68. The van der Waals surface area contributed by atoms with E-state index in [9.17, 15) is 5.11 Å². The van der Waals surface area contributed by atoms with E-state index in [1.54, 1.807) is 12.1 Å². The maximum atomic E-state index is 9.96. The Hall–Kier alpha value is -1.07. The number of halogens is 2. The molecule has 1 fully saturated rings. The predicted octanol–water partition coefficient (Wildman–Crippen LogP) is 5.63. The van der Waals surface area contributed by atoms with Crippen molar-refractivity contribution in [2.45, 2.75) is 58.4 Å². The van der Waals surface area contributed by atoms with Gasteiger partial charge in [-0.05, 0) is 50.2 Å². The number of nitrogens with zero attached hydrogens (tertiary/aromatic N) is 2. The van der Waals surface area contributed by atoms with Crippen molar-refractivity contribution in [1.29, 1.82) is 0 Å². The summed E-state index contributed by atoms with van der Waals surface area (Å²) in [6.45, 7) is 11.3. The number of nitrogens with one attached hydrogen (secondary N) is 1. The summed E-state index contributed by atoms with van der Waals surface area (Å²) in [5, 5.41) is 14.5. The molecule has 162 valence electrons. The van der Waals surface area contributed by atoms with Crippen LogP contribution in [0.1, 0.15) is 57.9 Å². The fraction of sp³-hybridized carbons (Fsp3) is 0.609. The Balaban J connectivity index is 2.00. The first-order chi connectivity index (χ1) is 14.0. The van der Waals surface area contributed by atoms with Crippen LogP contribution < -0.4 is 5.32 Å². The Morgan fingerprint density at radius 1 is 1.28 bits per heavy atom. The molecule has 2 N–H and O–H groups in total. The van der Waals surface area contributed by atoms with Crippen LogP contribution >= 0.6 is 23.2 Å². The molecule has 1 aromatic rings. The van der Waals surface area contributed by atoms with Crippen LogP contribution in [0, 0.1) is 5.92 Å². The van der Waals surface area contributed by atoms with Crippen LogP contribution in [-0.4, -0.2) is 49.0 Å². The highest BCUT2D eigenvalue weighted by Crippen LogP contribution is 2.29. The van der Waals surface area contributed by atoms with E-state index in [1.807, 2.05) is 6.07 Å². The van der Waals surface area contributed by atoms with E-state index in [1.165, 1.54) is 32.1 Å². The van der Waals surface area contributed by atoms with Gasteiger partial charge < -0.3 is 15.3 Å². The van der Waals surface area contributed by atoms with Crippen molar-refractivity contribution in [2.24, 2.45) is 10.9 Å². The average molecular weight is 440 g/mol. The SMILES string of the molecule is C=N/C(=C(/CO)NC1CCN(CCC(CCC)CCC)C1)c1ccc(Cl)cc1Cl. The largest absolute Gasteiger partial charge is 0.390 e. The first-order valence-corrected chi connectivity index (χ1v) is 11.5. The molecule has 1 aromatic carbocycles. The van der Waals surface area contributed by atoms with Crippen LogP contribution in [0.3, 0.4) is 0 Å². The van der Waals surface area contributed by atoms with E-state index < -0.39 is 0 Å². The molecule has 0 radical (unpaired) electrons. The molecule has 29 heavy (non-hydrogen) atoms. The summed E-state index contributed by atoms with van der Waals surface area (Å²) < 4.78 is 0. The quantitative estimate of drug-likeness (QED) is 0.415. The molecule has 1 heterocycles. The first kappa shape index (κ1) is 24.2. The molecule has 1 aliphatic heterocycles. The minimum atomic E-state index is -0.140. The predicted molar refractivity (Wildman–Crippen MR) is 126 cm³/mol. The maximum absolute atomic E-state index is 9.96. The molecular formula is C23H35Cl2N3O. The Kier molecular flexibility index (Phi) is 10.5. The zero-order valence-electron chi connectivity index (χ0n) is 17.8. The van der Waals surface area contributed by atoms with Gasteiger partial charge in [-0.3, -0.25) is 4.99 Å². The van der Waals surface area contributed by atoms with Crippen molar-refractivity contribution in [2.75, 3.05) is 26.2 Å². The lowest BCUT2D eigenvalue weighted by molar-refractivity contribution is 0.279. The molecule has 0 aliphatic carbocycles. The molecule has 2 rings (SSSR count). The van der Waals surface area contributed by atoms with E-state index in [-0.39, 0.29) is 12.6 Å². The maximum Gasteiger partial charge on any atom is 0.0922 e. The summed E-state index contributed by atoms with van der Waals surface area (Å²) in [6.07, 6.45) is 7.52. The molecule has 0 aromatic heterocycles. The van der Waals surface area contributed by atoms with E-state index in [4.69, 9.17) is 23.2 Å². The van der Waals surface area contributed by atoms with Crippen LogP contribution in [0.2, 0.25) is 10.0 Å². The van der Waals surface area contributed by atoms with Gasteiger partial charge in [0.2, 0.25) is 0 Å². The van der Waals surface area contributed by atoms with Gasteiger partial charge in [-0.25, -0.2) is 0 Å². The lowest BCUT2D eigenvalue weighted by Gasteiger charge is -2.22. The number of likely N-dealkylation sites (tertiary alicyclic amines) is 1. The van der Waals surface area contributed by atoms with Crippen molar-refractivity contribution < 1.29 is 5.11 Å². The molecule has 0 bridgehead atoms. The topological polar surface area (TPSA) is 47.9 Å². The van der Waals surface area contributed by atoms with Gasteiger partial charge in [0.25, 0.3) is 0 Å². The third-order valence-electron chi connectivity index (χ3n) is 5.69. The van der Waals surface area contributed by atoms with Crippen molar-refractivity contribution in [3.8, 4) is 0 Å². The number of aliphatic hydroxyl groups is 1. The molecule has 0 amide bonds. The number of benzene rings is 1. The highest BCUT2D eigenvalue weighted by molar-refractivity contribution is 6.35. The summed E-state index contributed by atoms with van der Waals surface area (Å²) in [5.74, 6) is 0.841. The molecule has 1 atom stereocenters. The molecular weight excluding hydrogens is 405 g/mol. The van der Waals surface area contributed by atoms with Crippen LogP contribution in [0.15, 0.2) is 28.9 Å². The second kappa shape index (κ2) is 12.6.